The Morgan fingerprint density at radius 1 is 0.578 bits per heavy atom. The first-order chi connectivity index (χ1) is 21.8. The van der Waals surface area contributed by atoms with Gasteiger partial charge in [-0.3, -0.25) is 14.4 Å². The van der Waals surface area contributed by atoms with Crippen LogP contribution in [-0.4, -0.2) is 24.8 Å². The van der Waals surface area contributed by atoms with Crippen LogP contribution in [0.5, 0.6) is 11.5 Å². The molecule has 0 heterocycles. The van der Waals surface area contributed by atoms with E-state index in [0.717, 1.165) is 11.3 Å². The van der Waals surface area contributed by atoms with E-state index < -0.39 is 5.91 Å². The number of terminal acetylenes is 1. The standard InChI is InChI=1S/C37H30N4O4/c1-4-25-7-5-10-31(21-25)40-37(44)28-19-24(2)20-32(23-28)41-36(43)27-9-6-8-26(22-27)35(42)39-30-13-17-34(18-14-30)45-33-15-11-29(38-3)12-16-33/h1,5-23,38H,2-3H3,(H,39,42)(H,40,44)(H,41,43). The summed E-state index contributed by atoms with van der Waals surface area (Å²) in [5.41, 5.74) is 4.96. The summed E-state index contributed by atoms with van der Waals surface area (Å²) >= 11 is 0. The molecule has 0 saturated carbocycles. The zero-order valence-corrected chi connectivity index (χ0v) is 24.7. The molecule has 222 valence electrons. The first kappa shape index (κ1) is 30.1. The zero-order valence-electron chi connectivity index (χ0n) is 24.7. The molecule has 5 rings (SSSR count). The Kier molecular flexibility index (Phi) is 9.22. The summed E-state index contributed by atoms with van der Waals surface area (Å²) in [6.45, 7) is 1.83. The molecule has 0 spiro atoms. The molecule has 0 bridgehead atoms. The molecule has 0 atom stereocenters. The third-order valence-corrected chi connectivity index (χ3v) is 6.76. The number of amides is 3. The van der Waals surface area contributed by atoms with Crippen molar-refractivity contribution in [2.24, 2.45) is 0 Å². The Labute approximate surface area is 261 Å². The van der Waals surface area contributed by atoms with E-state index in [1.54, 1.807) is 84.9 Å². The Hall–Kier alpha value is -6.33. The minimum absolute atomic E-state index is 0.286. The van der Waals surface area contributed by atoms with Gasteiger partial charge in [0, 0.05) is 52.1 Å². The number of benzene rings is 5. The molecule has 0 unspecified atom stereocenters. The number of rotatable bonds is 9. The van der Waals surface area contributed by atoms with Crippen LogP contribution in [-0.2, 0) is 0 Å². The van der Waals surface area contributed by atoms with Crippen LogP contribution in [0.1, 0.15) is 42.2 Å². The molecule has 5 aromatic rings. The zero-order chi connectivity index (χ0) is 31.8. The number of anilines is 4. The number of aryl methyl sites for hydroxylation is 1. The van der Waals surface area contributed by atoms with Crippen molar-refractivity contribution in [2.75, 3.05) is 28.3 Å². The molecule has 8 heteroatoms. The maximum absolute atomic E-state index is 13.1. The second-order valence-electron chi connectivity index (χ2n) is 10.2. The van der Waals surface area contributed by atoms with Crippen LogP contribution in [0.4, 0.5) is 22.7 Å². The molecule has 0 aliphatic carbocycles. The maximum atomic E-state index is 13.1. The van der Waals surface area contributed by atoms with Crippen molar-refractivity contribution in [2.45, 2.75) is 6.92 Å². The predicted octanol–water partition coefficient (Wildman–Crippen LogP) is 7.57. The number of carbonyl (C=O) groups excluding carboxylic acids is 3. The monoisotopic (exact) mass is 594 g/mol. The van der Waals surface area contributed by atoms with Crippen molar-refractivity contribution < 1.29 is 19.1 Å². The summed E-state index contributed by atoms with van der Waals surface area (Å²) in [7, 11) is 1.85. The molecule has 0 saturated heterocycles. The molecule has 0 radical (unpaired) electrons. The van der Waals surface area contributed by atoms with E-state index in [1.165, 1.54) is 6.07 Å². The van der Waals surface area contributed by atoms with E-state index in [2.05, 4.69) is 27.2 Å². The highest BCUT2D eigenvalue weighted by Crippen LogP contribution is 2.25. The smallest absolute Gasteiger partial charge is 0.255 e. The molecule has 0 aliphatic rings. The third kappa shape index (κ3) is 7.95. The molecule has 0 fully saturated rings. The van der Waals surface area contributed by atoms with Gasteiger partial charge in [0.1, 0.15) is 11.5 Å². The first-order valence-electron chi connectivity index (χ1n) is 14.1. The number of carbonyl (C=O) groups is 3. The van der Waals surface area contributed by atoms with Crippen molar-refractivity contribution in [3.05, 3.63) is 143 Å². The van der Waals surface area contributed by atoms with Gasteiger partial charge in [-0.2, -0.15) is 0 Å². The van der Waals surface area contributed by atoms with Crippen LogP contribution in [0.3, 0.4) is 0 Å². The lowest BCUT2D eigenvalue weighted by Gasteiger charge is -2.11. The fourth-order valence-corrected chi connectivity index (χ4v) is 4.52. The summed E-state index contributed by atoms with van der Waals surface area (Å²) in [5.74, 6) is 2.72. The SMILES string of the molecule is C#Cc1cccc(NC(=O)c2cc(C)cc(NC(=O)c3cccc(C(=O)Nc4ccc(Oc5ccc(NC)cc5)cc4)c3)c2)c1. The summed E-state index contributed by atoms with van der Waals surface area (Å²) in [4.78, 5) is 39.1. The van der Waals surface area contributed by atoms with E-state index in [4.69, 9.17) is 11.2 Å². The van der Waals surface area contributed by atoms with Crippen molar-refractivity contribution >= 4 is 40.5 Å². The molecule has 45 heavy (non-hydrogen) atoms. The van der Waals surface area contributed by atoms with Gasteiger partial charge in [0.2, 0.25) is 0 Å². The fourth-order valence-electron chi connectivity index (χ4n) is 4.52. The second kappa shape index (κ2) is 13.8. The highest BCUT2D eigenvalue weighted by Gasteiger charge is 2.14. The first-order valence-corrected chi connectivity index (χ1v) is 14.1. The second-order valence-corrected chi connectivity index (χ2v) is 10.2. The molecule has 0 aromatic heterocycles. The molecule has 3 amide bonds. The topological polar surface area (TPSA) is 109 Å². The average Bonchev–Trinajstić information content (AvgIpc) is 3.06. The van der Waals surface area contributed by atoms with Gasteiger partial charge in [-0.1, -0.05) is 18.1 Å². The summed E-state index contributed by atoms with van der Waals surface area (Å²) in [6, 6.07) is 33.0. The van der Waals surface area contributed by atoms with Gasteiger partial charge in [0.25, 0.3) is 17.7 Å². The minimum atomic E-state index is -0.424. The number of hydrogen-bond acceptors (Lipinski definition) is 5. The Morgan fingerprint density at radius 2 is 1.13 bits per heavy atom. The summed E-state index contributed by atoms with van der Waals surface area (Å²) in [5, 5.41) is 11.6. The molecule has 5 aromatic carbocycles. The van der Waals surface area contributed by atoms with E-state index in [0.29, 0.717) is 45.3 Å². The van der Waals surface area contributed by atoms with Crippen molar-refractivity contribution in [1.29, 1.82) is 0 Å². The van der Waals surface area contributed by atoms with Gasteiger partial charge < -0.3 is 26.0 Å². The Bertz CT molecular complexity index is 1910. The minimum Gasteiger partial charge on any atom is -0.457 e. The fraction of sp³-hybridized carbons (Fsp3) is 0.0541. The van der Waals surface area contributed by atoms with Gasteiger partial charge in [-0.15, -0.1) is 6.42 Å². The number of ether oxygens (including phenoxy) is 1. The van der Waals surface area contributed by atoms with Crippen LogP contribution in [0.2, 0.25) is 0 Å². The van der Waals surface area contributed by atoms with Gasteiger partial charge in [-0.05, 0) is 116 Å². The van der Waals surface area contributed by atoms with Crippen LogP contribution in [0.15, 0.2) is 115 Å². The Balaban J connectivity index is 1.22. The Morgan fingerprint density at radius 3 is 1.76 bits per heavy atom. The van der Waals surface area contributed by atoms with Crippen LogP contribution < -0.4 is 26.0 Å². The average molecular weight is 595 g/mol. The normalized spacial score (nSPS) is 10.2. The lowest BCUT2D eigenvalue weighted by Crippen LogP contribution is -2.16. The van der Waals surface area contributed by atoms with E-state index in [1.807, 2.05) is 38.2 Å². The van der Waals surface area contributed by atoms with Crippen molar-refractivity contribution in [3.8, 4) is 23.8 Å². The van der Waals surface area contributed by atoms with Crippen molar-refractivity contribution in [1.82, 2.24) is 0 Å². The lowest BCUT2D eigenvalue weighted by atomic mass is 10.1. The van der Waals surface area contributed by atoms with Gasteiger partial charge >= 0.3 is 0 Å². The molecule has 8 nitrogen and oxygen atoms in total. The number of nitrogens with one attached hydrogen (secondary N) is 4. The summed E-state index contributed by atoms with van der Waals surface area (Å²) in [6.07, 6.45) is 5.46. The highest BCUT2D eigenvalue weighted by atomic mass is 16.5. The largest absolute Gasteiger partial charge is 0.457 e. The molecule has 0 aliphatic heterocycles. The lowest BCUT2D eigenvalue weighted by molar-refractivity contribution is 0.101. The maximum Gasteiger partial charge on any atom is 0.255 e. The third-order valence-electron chi connectivity index (χ3n) is 6.76. The summed E-state index contributed by atoms with van der Waals surface area (Å²) < 4.78 is 5.86. The van der Waals surface area contributed by atoms with Gasteiger partial charge in [-0.25, -0.2) is 0 Å². The van der Waals surface area contributed by atoms with Gasteiger partial charge in [0.05, 0.1) is 0 Å². The number of hydrogen-bond donors (Lipinski definition) is 4. The van der Waals surface area contributed by atoms with E-state index in [9.17, 15) is 14.4 Å². The van der Waals surface area contributed by atoms with E-state index in [-0.39, 0.29) is 17.4 Å². The van der Waals surface area contributed by atoms with Crippen LogP contribution >= 0.6 is 0 Å². The van der Waals surface area contributed by atoms with Crippen LogP contribution in [0, 0.1) is 19.3 Å². The van der Waals surface area contributed by atoms with Gasteiger partial charge in [0.15, 0.2) is 0 Å². The van der Waals surface area contributed by atoms with E-state index >= 15 is 0 Å². The quantitative estimate of drug-likeness (QED) is 0.132. The predicted molar refractivity (Wildman–Crippen MR) is 178 cm³/mol. The van der Waals surface area contributed by atoms with Crippen LogP contribution in [0.25, 0.3) is 0 Å². The molecular weight excluding hydrogens is 564 g/mol. The molecule has 4 N–H and O–H groups in total. The highest BCUT2D eigenvalue weighted by molar-refractivity contribution is 6.10. The molecular formula is C37H30N4O4. The van der Waals surface area contributed by atoms with Crippen molar-refractivity contribution in [3.63, 3.8) is 0 Å².